The van der Waals surface area contributed by atoms with Crippen LogP contribution in [0.3, 0.4) is 0 Å². The van der Waals surface area contributed by atoms with Gasteiger partial charge in [0.15, 0.2) is 0 Å². The molecule has 0 atom stereocenters. The number of nitrogens with zero attached hydrogens (tertiary/aromatic N) is 2. The van der Waals surface area contributed by atoms with Gasteiger partial charge in [0.25, 0.3) is 0 Å². The van der Waals surface area contributed by atoms with Crippen molar-refractivity contribution >= 4 is 0 Å². The van der Waals surface area contributed by atoms with Crippen LogP contribution in [0.1, 0.15) is 37.1 Å². The first-order valence-corrected chi connectivity index (χ1v) is 6.16. The van der Waals surface area contributed by atoms with E-state index in [9.17, 15) is 0 Å². The van der Waals surface area contributed by atoms with E-state index in [1.165, 1.54) is 38.8 Å². The molecule has 1 aliphatic rings. The topological polar surface area (TPSA) is 36.4 Å². The third kappa shape index (κ3) is 3.29. The van der Waals surface area contributed by atoms with Crippen molar-refractivity contribution in [2.45, 2.75) is 38.8 Å². The van der Waals surface area contributed by atoms with Gasteiger partial charge in [-0.2, -0.15) is 0 Å². The van der Waals surface area contributed by atoms with E-state index in [0.717, 1.165) is 17.9 Å². The molecule has 0 amide bonds. The molecule has 1 fully saturated rings. The molecule has 3 heteroatoms. The fourth-order valence-electron chi connectivity index (χ4n) is 2.23. The quantitative estimate of drug-likeness (QED) is 0.846. The van der Waals surface area contributed by atoms with Crippen LogP contribution in [-0.4, -0.2) is 28.1 Å². The van der Waals surface area contributed by atoms with E-state index < -0.39 is 0 Å². The summed E-state index contributed by atoms with van der Waals surface area (Å²) < 4.78 is 0. The van der Waals surface area contributed by atoms with Crippen LogP contribution < -0.4 is 0 Å². The molecular formula is C13H20N2O. The summed E-state index contributed by atoms with van der Waals surface area (Å²) in [7, 11) is 0. The summed E-state index contributed by atoms with van der Waals surface area (Å²) in [5.41, 5.74) is 1.85. The number of pyridine rings is 1. The van der Waals surface area contributed by atoms with Gasteiger partial charge < -0.3 is 5.11 Å². The first kappa shape index (κ1) is 11.6. The average Bonchev–Trinajstić information content (AvgIpc) is 2.58. The lowest BCUT2D eigenvalue weighted by atomic mass is 10.2. The number of rotatable bonds is 3. The van der Waals surface area contributed by atoms with E-state index in [-0.39, 0.29) is 6.61 Å². The molecule has 1 saturated heterocycles. The standard InChI is InChI=1S/C13H20N2O/c16-11-13-7-5-6-12(14-13)10-15-8-3-1-2-4-9-15/h5-7,16H,1-4,8-11H2. The van der Waals surface area contributed by atoms with Crippen LogP contribution in [-0.2, 0) is 13.2 Å². The highest BCUT2D eigenvalue weighted by Crippen LogP contribution is 2.12. The average molecular weight is 220 g/mol. The second kappa shape index (κ2) is 5.97. The molecule has 2 rings (SSSR count). The number of hydrogen-bond acceptors (Lipinski definition) is 3. The molecular weight excluding hydrogens is 200 g/mol. The van der Waals surface area contributed by atoms with Gasteiger partial charge in [0.1, 0.15) is 0 Å². The minimum Gasteiger partial charge on any atom is -0.390 e. The van der Waals surface area contributed by atoms with Crippen molar-refractivity contribution < 1.29 is 5.11 Å². The lowest BCUT2D eigenvalue weighted by Gasteiger charge is -2.19. The molecule has 1 aliphatic heterocycles. The third-order valence-electron chi connectivity index (χ3n) is 3.11. The largest absolute Gasteiger partial charge is 0.390 e. The molecule has 0 unspecified atom stereocenters. The lowest BCUT2D eigenvalue weighted by Crippen LogP contribution is -2.24. The van der Waals surface area contributed by atoms with Crippen molar-refractivity contribution in [3.05, 3.63) is 29.6 Å². The van der Waals surface area contributed by atoms with Gasteiger partial charge >= 0.3 is 0 Å². The van der Waals surface area contributed by atoms with Gasteiger partial charge in [0.05, 0.1) is 18.0 Å². The summed E-state index contributed by atoms with van der Waals surface area (Å²) in [5.74, 6) is 0. The molecule has 16 heavy (non-hydrogen) atoms. The molecule has 0 spiro atoms. The molecule has 0 bridgehead atoms. The minimum absolute atomic E-state index is 0.0356. The molecule has 0 aromatic carbocycles. The monoisotopic (exact) mass is 220 g/mol. The van der Waals surface area contributed by atoms with Crippen LogP contribution >= 0.6 is 0 Å². The number of hydrogen-bond donors (Lipinski definition) is 1. The Hall–Kier alpha value is -0.930. The Morgan fingerprint density at radius 3 is 2.44 bits per heavy atom. The Balaban J connectivity index is 1.96. The number of aliphatic hydroxyl groups excluding tert-OH is 1. The number of likely N-dealkylation sites (tertiary alicyclic amines) is 1. The van der Waals surface area contributed by atoms with Crippen molar-refractivity contribution in [1.29, 1.82) is 0 Å². The van der Waals surface area contributed by atoms with E-state index in [2.05, 4.69) is 9.88 Å². The second-order valence-corrected chi connectivity index (χ2v) is 4.47. The van der Waals surface area contributed by atoms with Gasteiger partial charge in [0.2, 0.25) is 0 Å². The molecule has 1 N–H and O–H groups in total. The predicted molar refractivity (Wildman–Crippen MR) is 63.9 cm³/mol. The van der Waals surface area contributed by atoms with E-state index >= 15 is 0 Å². The van der Waals surface area contributed by atoms with Crippen molar-refractivity contribution in [2.24, 2.45) is 0 Å². The summed E-state index contributed by atoms with van der Waals surface area (Å²) in [6.45, 7) is 3.33. The fourth-order valence-corrected chi connectivity index (χ4v) is 2.23. The van der Waals surface area contributed by atoms with Gasteiger partial charge in [-0.25, -0.2) is 0 Å². The van der Waals surface area contributed by atoms with E-state index in [1.807, 2.05) is 18.2 Å². The van der Waals surface area contributed by atoms with Gasteiger partial charge in [-0.3, -0.25) is 9.88 Å². The molecule has 3 nitrogen and oxygen atoms in total. The fraction of sp³-hybridized carbons (Fsp3) is 0.615. The normalized spacial score (nSPS) is 18.3. The Kier molecular flexibility index (Phi) is 4.31. The van der Waals surface area contributed by atoms with Crippen LogP contribution in [0.15, 0.2) is 18.2 Å². The van der Waals surface area contributed by atoms with Gasteiger partial charge in [-0.05, 0) is 38.1 Å². The van der Waals surface area contributed by atoms with Gasteiger partial charge in [-0.15, -0.1) is 0 Å². The molecule has 1 aromatic heterocycles. The Morgan fingerprint density at radius 2 is 1.75 bits per heavy atom. The first-order valence-electron chi connectivity index (χ1n) is 6.16. The van der Waals surface area contributed by atoms with Crippen LogP contribution in [0.25, 0.3) is 0 Å². The zero-order valence-electron chi connectivity index (χ0n) is 9.73. The van der Waals surface area contributed by atoms with Crippen LogP contribution in [0.5, 0.6) is 0 Å². The second-order valence-electron chi connectivity index (χ2n) is 4.47. The maximum absolute atomic E-state index is 9.04. The van der Waals surface area contributed by atoms with Crippen LogP contribution in [0.2, 0.25) is 0 Å². The lowest BCUT2D eigenvalue weighted by molar-refractivity contribution is 0.266. The first-order chi connectivity index (χ1) is 7.88. The third-order valence-corrected chi connectivity index (χ3v) is 3.11. The highest BCUT2D eigenvalue weighted by atomic mass is 16.3. The van der Waals surface area contributed by atoms with Crippen LogP contribution in [0, 0.1) is 0 Å². The molecule has 2 heterocycles. The predicted octanol–water partition coefficient (Wildman–Crippen LogP) is 1.95. The summed E-state index contributed by atoms with van der Waals surface area (Å²) in [6, 6.07) is 5.89. The molecule has 0 saturated carbocycles. The highest BCUT2D eigenvalue weighted by molar-refractivity contribution is 5.10. The van der Waals surface area contributed by atoms with E-state index in [4.69, 9.17) is 5.11 Å². The summed E-state index contributed by atoms with van der Waals surface area (Å²) in [5, 5.41) is 9.04. The molecule has 88 valence electrons. The zero-order valence-corrected chi connectivity index (χ0v) is 9.73. The number of aliphatic hydroxyl groups is 1. The Bertz CT molecular complexity index is 319. The maximum atomic E-state index is 9.04. The van der Waals surface area contributed by atoms with Gasteiger partial charge in [-0.1, -0.05) is 18.9 Å². The Morgan fingerprint density at radius 1 is 1.06 bits per heavy atom. The summed E-state index contributed by atoms with van der Waals surface area (Å²) >= 11 is 0. The van der Waals surface area contributed by atoms with Crippen LogP contribution in [0.4, 0.5) is 0 Å². The van der Waals surface area contributed by atoms with Crippen molar-refractivity contribution in [3.63, 3.8) is 0 Å². The SMILES string of the molecule is OCc1cccc(CN2CCCCCC2)n1. The molecule has 1 aromatic rings. The summed E-state index contributed by atoms with van der Waals surface area (Å²) in [4.78, 5) is 6.89. The molecule has 0 aliphatic carbocycles. The smallest absolute Gasteiger partial charge is 0.0853 e. The minimum atomic E-state index is 0.0356. The summed E-state index contributed by atoms with van der Waals surface area (Å²) in [6.07, 6.45) is 5.33. The Labute approximate surface area is 97.1 Å². The van der Waals surface area contributed by atoms with E-state index in [1.54, 1.807) is 0 Å². The van der Waals surface area contributed by atoms with Crippen molar-refractivity contribution in [1.82, 2.24) is 9.88 Å². The number of aromatic nitrogens is 1. The van der Waals surface area contributed by atoms with Crippen molar-refractivity contribution in [3.8, 4) is 0 Å². The highest BCUT2D eigenvalue weighted by Gasteiger charge is 2.09. The maximum Gasteiger partial charge on any atom is 0.0853 e. The molecule has 0 radical (unpaired) electrons. The zero-order chi connectivity index (χ0) is 11.2. The van der Waals surface area contributed by atoms with E-state index in [0.29, 0.717) is 0 Å². The van der Waals surface area contributed by atoms with Crippen molar-refractivity contribution in [2.75, 3.05) is 13.1 Å². The van der Waals surface area contributed by atoms with Gasteiger partial charge in [0, 0.05) is 6.54 Å².